The van der Waals surface area contributed by atoms with E-state index >= 15 is 0 Å². The van der Waals surface area contributed by atoms with Crippen molar-refractivity contribution < 1.29 is 14.5 Å². The second kappa shape index (κ2) is 10.2. The minimum Gasteiger partial charge on any atom is -0.338 e. The van der Waals surface area contributed by atoms with Crippen LogP contribution in [0.25, 0.3) is 0 Å². The van der Waals surface area contributed by atoms with Crippen molar-refractivity contribution in [2.75, 3.05) is 32.7 Å². The molecule has 1 fully saturated rings. The smallest absolute Gasteiger partial charge is 0.270 e. The maximum atomic E-state index is 13.6. The number of nitro groups is 1. The zero-order chi connectivity index (χ0) is 25.2. The molecule has 2 aromatic carbocycles. The Kier molecular flexibility index (Phi) is 6.84. The largest absolute Gasteiger partial charge is 0.338 e. The Balaban J connectivity index is 1.27. The lowest BCUT2D eigenvalue weighted by Crippen LogP contribution is -2.56. The number of non-ortho nitro benzene ring substituents is 1. The first-order valence-corrected chi connectivity index (χ1v) is 13.0. The Hall–Kier alpha value is -3.56. The quantitative estimate of drug-likeness (QED) is 0.388. The van der Waals surface area contributed by atoms with Crippen molar-refractivity contribution in [3.05, 3.63) is 97.7 Å². The van der Waals surface area contributed by atoms with Crippen LogP contribution >= 0.6 is 11.3 Å². The highest BCUT2D eigenvalue weighted by molar-refractivity contribution is 7.10. The molecule has 36 heavy (non-hydrogen) atoms. The van der Waals surface area contributed by atoms with E-state index in [1.807, 2.05) is 30.0 Å². The molecule has 2 aliphatic rings. The maximum absolute atomic E-state index is 13.6. The van der Waals surface area contributed by atoms with Crippen molar-refractivity contribution in [3.8, 4) is 0 Å². The Labute approximate surface area is 213 Å². The summed E-state index contributed by atoms with van der Waals surface area (Å²) in [5, 5.41) is 13.2. The minimum atomic E-state index is -0.503. The average Bonchev–Trinajstić information content (AvgIpc) is 3.41. The molecule has 0 radical (unpaired) electrons. The highest BCUT2D eigenvalue weighted by atomic mass is 32.1. The molecule has 0 saturated carbocycles. The van der Waals surface area contributed by atoms with Crippen LogP contribution in [0.5, 0.6) is 0 Å². The van der Waals surface area contributed by atoms with Crippen LogP contribution in [0, 0.1) is 10.1 Å². The van der Waals surface area contributed by atoms with E-state index in [4.69, 9.17) is 0 Å². The van der Waals surface area contributed by atoms with Crippen LogP contribution in [0.15, 0.2) is 66.0 Å². The Morgan fingerprint density at radius 1 is 0.972 bits per heavy atom. The number of piperazine rings is 1. The van der Waals surface area contributed by atoms with E-state index in [1.165, 1.54) is 34.2 Å². The molecule has 2 unspecified atom stereocenters. The van der Waals surface area contributed by atoms with Gasteiger partial charge in [0.2, 0.25) is 5.91 Å². The van der Waals surface area contributed by atoms with Crippen molar-refractivity contribution in [2.45, 2.75) is 25.4 Å². The number of hydrogen-bond donors (Lipinski definition) is 0. The number of benzene rings is 2. The second-order valence-corrected chi connectivity index (χ2v) is 10.2. The molecular formula is C27H28N4O4S. The number of thiophene rings is 1. The summed E-state index contributed by atoms with van der Waals surface area (Å²) >= 11 is 1.78. The van der Waals surface area contributed by atoms with Gasteiger partial charge in [-0.2, -0.15) is 0 Å². The Morgan fingerprint density at radius 2 is 1.69 bits per heavy atom. The van der Waals surface area contributed by atoms with Crippen LogP contribution in [0.3, 0.4) is 0 Å². The van der Waals surface area contributed by atoms with Gasteiger partial charge in [-0.3, -0.25) is 24.6 Å². The summed E-state index contributed by atoms with van der Waals surface area (Å²) < 4.78 is 0. The highest BCUT2D eigenvalue weighted by Gasteiger charge is 2.37. The standard InChI is InChI=1S/C27H28N4O4S/c1-19(30-12-10-24-23(11-17-36-24)25(30)20-6-3-2-4-7-20)26(32)28-13-15-29(16-14-28)27(33)21-8-5-9-22(18-21)31(34)35/h2-9,11,17-19,25H,10,12-16H2,1H3. The van der Waals surface area contributed by atoms with E-state index in [1.54, 1.807) is 22.3 Å². The number of fused-ring (bicyclic) bond motifs is 1. The van der Waals surface area contributed by atoms with E-state index in [-0.39, 0.29) is 29.6 Å². The lowest BCUT2D eigenvalue weighted by atomic mass is 9.92. The minimum absolute atomic E-state index is 0.0388. The summed E-state index contributed by atoms with van der Waals surface area (Å²) in [6.45, 7) is 4.48. The van der Waals surface area contributed by atoms with Gasteiger partial charge in [0.05, 0.1) is 17.0 Å². The third-order valence-corrected chi connectivity index (χ3v) is 8.15. The number of rotatable bonds is 5. The number of carbonyl (C=O) groups excluding carboxylic acids is 2. The van der Waals surface area contributed by atoms with Gasteiger partial charge in [0, 0.05) is 55.3 Å². The summed E-state index contributed by atoms with van der Waals surface area (Å²) in [7, 11) is 0. The van der Waals surface area contributed by atoms with Gasteiger partial charge in [-0.15, -0.1) is 11.3 Å². The third kappa shape index (κ3) is 4.64. The van der Waals surface area contributed by atoms with Gasteiger partial charge in [0.1, 0.15) is 0 Å². The number of amides is 2. The van der Waals surface area contributed by atoms with Crippen molar-refractivity contribution in [1.82, 2.24) is 14.7 Å². The van der Waals surface area contributed by atoms with Gasteiger partial charge < -0.3 is 9.80 Å². The molecule has 9 heteroatoms. The van der Waals surface area contributed by atoms with Crippen LogP contribution in [0.2, 0.25) is 0 Å². The van der Waals surface area contributed by atoms with Crippen LogP contribution < -0.4 is 0 Å². The number of nitrogens with zero attached hydrogens (tertiary/aromatic N) is 4. The first-order valence-electron chi connectivity index (χ1n) is 12.1. The van der Waals surface area contributed by atoms with Crippen molar-refractivity contribution in [2.24, 2.45) is 0 Å². The highest BCUT2D eigenvalue weighted by Crippen LogP contribution is 2.39. The second-order valence-electron chi connectivity index (χ2n) is 9.20. The number of nitro benzene ring substituents is 1. The van der Waals surface area contributed by atoms with Gasteiger partial charge >= 0.3 is 0 Å². The Morgan fingerprint density at radius 3 is 2.42 bits per heavy atom. The molecule has 3 aromatic rings. The van der Waals surface area contributed by atoms with Crippen molar-refractivity contribution in [1.29, 1.82) is 0 Å². The van der Waals surface area contributed by atoms with E-state index < -0.39 is 4.92 Å². The molecule has 8 nitrogen and oxygen atoms in total. The molecule has 1 aromatic heterocycles. The molecule has 1 saturated heterocycles. The number of carbonyl (C=O) groups is 2. The monoisotopic (exact) mass is 504 g/mol. The fourth-order valence-electron chi connectivity index (χ4n) is 5.23. The molecule has 0 bridgehead atoms. The van der Waals surface area contributed by atoms with E-state index in [9.17, 15) is 19.7 Å². The molecule has 0 aliphatic carbocycles. The van der Waals surface area contributed by atoms with Gasteiger partial charge in [-0.1, -0.05) is 36.4 Å². The molecule has 0 spiro atoms. The van der Waals surface area contributed by atoms with E-state index in [2.05, 4.69) is 28.5 Å². The van der Waals surface area contributed by atoms with Crippen LogP contribution in [0.1, 0.15) is 39.3 Å². The predicted octanol–water partition coefficient (Wildman–Crippen LogP) is 3.98. The SMILES string of the molecule is CC(C(=O)N1CCN(C(=O)c2cccc([N+](=O)[O-])c2)CC1)N1CCc2sccc2C1c1ccccc1. The zero-order valence-electron chi connectivity index (χ0n) is 20.1. The number of hydrogen-bond acceptors (Lipinski definition) is 6. The summed E-state index contributed by atoms with van der Waals surface area (Å²) in [5.41, 5.74) is 2.66. The van der Waals surface area contributed by atoms with Crippen LogP contribution in [-0.2, 0) is 11.2 Å². The lowest BCUT2D eigenvalue weighted by molar-refractivity contribution is -0.384. The van der Waals surface area contributed by atoms with E-state index in [0.717, 1.165) is 13.0 Å². The molecule has 3 heterocycles. The van der Waals surface area contributed by atoms with Crippen LogP contribution in [0.4, 0.5) is 5.69 Å². The Bertz CT molecular complexity index is 1270. The fourth-order valence-corrected chi connectivity index (χ4v) is 6.13. The summed E-state index contributed by atoms with van der Waals surface area (Å²) in [6.07, 6.45) is 0.930. The lowest BCUT2D eigenvalue weighted by Gasteiger charge is -2.42. The fraction of sp³-hybridized carbons (Fsp3) is 0.333. The summed E-state index contributed by atoms with van der Waals surface area (Å²) in [5.74, 6) is -0.180. The summed E-state index contributed by atoms with van der Waals surface area (Å²) in [6, 6.07) is 18.0. The van der Waals surface area contributed by atoms with Gasteiger partial charge in [-0.05, 0) is 42.0 Å². The molecule has 2 aliphatic heterocycles. The molecule has 5 rings (SSSR count). The third-order valence-electron chi connectivity index (χ3n) is 7.16. The molecular weight excluding hydrogens is 476 g/mol. The predicted molar refractivity (Wildman–Crippen MR) is 138 cm³/mol. The van der Waals surface area contributed by atoms with Crippen LogP contribution in [-0.4, -0.2) is 70.2 Å². The average molecular weight is 505 g/mol. The van der Waals surface area contributed by atoms with Crippen molar-refractivity contribution >= 4 is 28.8 Å². The normalized spacial score (nSPS) is 19.0. The van der Waals surface area contributed by atoms with E-state index in [0.29, 0.717) is 31.7 Å². The first-order chi connectivity index (χ1) is 17.4. The molecule has 2 amide bonds. The molecule has 186 valence electrons. The molecule has 0 N–H and O–H groups in total. The maximum Gasteiger partial charge on any atom is 0.270 e. The topological polar surface area (TPSA) is 87.0 Å². The summed E-state index contributed by atoms with van der Waals surface area (Å²) in [4.78, 5) is 44.3. The first kappa shape index (κ1) is 24.1. The van der Waals surface area contributed by atoms with Gasteiger partial charge in [-0.25, -0.2) is 0 Å². The molecule has 2 atom stereocenters. The van der Waals surface area contributed by atoms with Gasteiger partial charge in [0.25, 0.3) is 11.6 Å². The van der Waals surface area contributed by atoms with Gasteiger partial charge in [0.15, 0.2) is 0 Å². The zero-order valence-corrected chi connectivity index (χ0v) is 20.9. The van der Waals surface area contributed by atoms with Crippen molar-refractivity contribution in [3.63, 3.8) is 0 Å².